The zero-order valence-electron chi connectivity index (χ0n) is 16.3. The first-order chi connectivity index (χ1) is 13.8. The van der Waals surface area contributed by atoms with Crippen molar-refractivity contribution in [2.75, 3.05) is 5.32 Å². The van der Waals surface area contributed by atoms with Crippen LogP contribution in [0.2, 0.25) is 0 Å². The van der Waals surface area contributed by atoms with Gasteiger partial charge in [-0.1, -0.05) is 32.0 Å². The van der Waals surface area contributed by atoms with Crippen molar-refractivity contribution in [3.05, 3.63) is 60.4 Å². The molecule has 3 rings (SSSR count). The van der Waals surface area contributed by atoms with Crippen LogP contribution in [-0.4, -0.2) is 28.1 Å². The second kappa shape index (κ2) is 8.79. The molecule has 152 valence electrons. The lowest BCUT2D eigenvalue weighted by Gasteiger charge is -2.24. The fraction of sp³-hybridized carbons (Fsp3) is 0.273. The molecule has 29 heavy (non-hydrogen) atoms. The summed E-state index contributed by atoms with van der Waals surface area (Å²) in [6.07, 6.45) is 1.92. The molecule has 0 aliphatic rings. The molecule has 0 saturated heterocycles. The normalized spacial score (nSPS) is 13.3. The van der Waals surface area contributed by atoms with Gasteiger partial charge in [0.15, 0.2) is 0 Å². The highest BCUT2D eigenvalue weighted by Crippen LogP contribution is 2.26. The van der Waals surface area contributed by atoms with Crippen LogP contribution in [0.1, 0.15) is 31.9 Å². The lowest BCUT2D eigenvalue weighted by atomic mass is 9.99. The number of carboxylic acids is 1. The predicted octanol–water partition coefficient (Wildman–Crippen LogP) is 3.91. The van der Waals surface area contributed by atoms with Crippen LogP contribution in [0.15, 0.2) is 59.2 Å². The highest BCUT2D eigenvalue weighted by Gasteiger charge is 2.29. The van der Waals surface area contributed by atoms with Crippen LogP contribution in [-0.2, 0) is 9.59 Å². The maximum atomic E-state index is 13.1. The number of phenols is 1. The Bertz CT molecular complexity index is 1010. The molecule has 0 unspecified atom stereocenters. The molecule has 7 heteroatoms. The molecule has 0 fully saturated rings. The Morgan fingerprint density at radius 1 is 1.10 bits per heavy atom. The quantitative estimate of drug-likeness (QED) is 0.430. The number of anilines is 1. The van der Waals surface area contributed by atoms with E-state index in [0.717, 1.165) is 5.39 Å². The summed E-state index contributed by atoms with van der Waals surface area (Å²) in [5.41, 5.74) is 1.52. The number of nitrogens with one attached hydrogen (secondary N) is 2. The molecule has 4 N–H and O–H groups in total. The number of para-hydroxylation sites is 2. The minimum atomic E-state index is -1.02. The number of furan rings is 1. The van der Waals surface area contributed by atoms with Crippen LogP contribution in [0.5, 0.6) is 5.75 Å². The lowest BCUT2D eigenvalue weighted by Crippen LogP contribution is -2.44. The molecular weight excluding hydrogens is 372 g/mol. The molecule has 1 amide bonds. The smallest absolute Gasteiger partial charge is 0.320 e. The second-order valence-corrected chi connectivity index (χ2v) is 7.34. The van der Waals surface area contributed by atoms with Crippen molar-refractivity contribution in [2.45, 2.75) is 32.4 Å². The van der Waals surface area contributed by atoms with Gasteiger partial charge in [-0.2, -0.15) is 0 Å². The van der Waals surface area contributed by atoms with Gasteiger partial charge in [0, 0.05) is 5.39 Å². The van der Waals surface area contributed by atoms with E-state index in [1.54, 1.807) is 48.7 Å². The van der Waals surface area contributed by atoms with Gasteiger partial charge in [0.25, 0.3) is 0 Å². The third-order valence-corrected chi connectivity index (χ3v) is 4.61. The van der Waals surface area contributed by atoms with Crippen LogP contribution in [0.25, 0.3) is 11.0 Å². The minimum absolute atomic E-state index is 0.0677. The van der Waals surface area contributed by atoms with E-state index in [2.05, 4.69) is 10.6 Å². The van der Waals surface area contributed by atoms with E-state index in [1.165, 1.54) is 6.07 Å². The Morgan fingerprint density at radius 3 is 2.55 bits per heavy atom. The number of amides is 1. The van der Waals surface area contributed by atoms with Crippen molar-refractivity contribution >= 4 is 28.5 Å². The number of benzene rings is 2. The van der Waals surface area contributed by atoms with Crippen molar-refractivity contribution in [3.8, 4) is 5.75 Å². The number of rotatable bonds is 8. The maximum Gasteiger partial charge on any atom is 0.320 e. The number of carbonyl (C=O) groups is 2. The van der Waals surface area contributed by atoms with E-state index in [4.69, 9.17) is 4.42 Å². The molecule has 0 radical (unpaired) electrons. The Hall–Kier alpha value is -3.32. The first kappa shape index (κ1) is 20.4. The molecule has 0 bridgehead atoms. The molecule has 1 aromatic heterocycles. The van der Waals surface area contributed by atoms with E-state index in [-0.39, 0.29) is 17.4 Å². The summed E-state index contributed by atoms with van der Waals surface area (Å²) in [6.45, 7) is 3.85. The van der Waals surface area contributed by atoms with E-state index >= 15 is 0 Å². The van der Waals surface area contributed by atoms with Crippen LogP contribution >= 0.6 is 0 Å². The van der Waals surface area contributed by atoms with Crippen molar-refractivity contribution in [1.82, 2.24) is 5.32 Å². The zero-order valence-corrected chi connectivity index (χ0v) is 16.3. The van der Waals surface area contributed by atoms with Crippen molar-refractivity contribution in [2.24, 2.45) is 5.92 Å². The Balaban J connectivity index is 1.94. The van der Waals surface area contributed by atoms with Gasteiger partial charge in [-0.3, -0.25) is 14.9 Å². The Labute approximate surface area is 168 Å². The van der Waals surface area contributed by atoms with E-state index < -0.39 is 24.0 Å². The largest absolute Gasteiger partial charge is 0.506 e. The molecule has 7 nitrogen and oxygen atoms in total. The number of carbonyl (C=O) groups excluding carboxylic acids is 1. The molecule has 2 atom stereocenters. The van der Waals surface area contributed by atoms with Gasteiger partial charge < -0.3 is 19.9 Å². The topological polar surface area (TPSA) is 112 Å². The number of fused-ring (bicyclic) bond motifs is 1. The Morgan fingerprint density at radius 2 is 1.86 bits per heavy atom. The SMILES string of the molecule is CC(C)C[C@H](N[C@@H](C(=O)Nc1ccccc1O)c1ccc2occc2c1)C(=O)O. The monoisotopic (exact) mass is 396 g/mol. The molecule has 1 heterocycles. The number of aromatic hydroxyl groups is 1. The number of aliphatic carboxylic acids is 1. The lowest BCUT2D eigenvalue weighted by molar-refractivity contribution is -0.140. The molecule has 2 aromatic carbocycles. The third kappa shape index (κ3) is 4.94. The molecule has 3 aromatic rings. The van der Waals surface area contributed by atoms with E-state index in [1.807, 2.05) is 13.8 Å². The predicted molar refractivity (Wildman–Crippen MR) is 110 cm³/mol. The third-order valence-electron chi connectivity index (χ3n) is 4.61. The maximum absolute atomic E-state index is 13.1. The summed E-state index contributed by atoms with van der Waals surface area (Å²) in [4.78, 5) is 24.8. The fourth-order valence-electron chi connectivity index (χ4n) is 3.18. The average molecular weight is 396 g/mol. The standard InChI is InChI=1S/C22H24N2O5/c1-13(2)11-17(22(27)28)23-20(15-7-8-19-14(12-15)9-10-29-19)21(26)24-16-5-3-4-6-18(16)25/h3-10,12-13,17,20,23,25H,11H2,1-2H3,(H,24,26)(H,27,28)/t17-,20+/m0/s1. The van der Waals surface area contributed by atoms with Gasteiger partial charge in [-0.25, -0.2) is 0 Å². The van der Waals surface area contributed by atoms with Crippen LogP contribution in [0.3, 0.4) is 0 Å². The molecule has 0 aliphatic carbocycles. The first-order valence-electron chi connectivity index (χ1n) is 9.40. The zero-order chi connectivity index (χ0) is 21.0. The van der Waals surface area contributed by atoms with Gasteiger partial charge in [0.1, 0.15) is 23.4 Å². The van der Waals surface area contributed by atoms with Gasteiger partial charge in [-0.15, -0.1) is 0 Å². The molecule has 0 spiro atoms. The van der Waals surface area contributed by atoms with Gasteiger partial charge in [-0.05, 0) is 48.2 Å². The van der Waals surface area contributed by atoms with E-state index in [9.17, 15) is 19.8 Å². The van der Waals surface area contributed by atoms with Gasteiger partial charge in [0.2, 0.25) is 5.91 Å². The van der Waals surface area contributed by atoms with E-state index in [0.29, 0.717) is 17.6 Å². The first-order valence-corrected chi connectivity index (χ1v) is 9.40. The summed E-state index contributed by atoms with van der Waals surface area (Å²) in [6, 6.07) is 11.6. The number of carboxylic acid groups (broad SMARTS) is 1. The van der Waals surface area contributed by atoms with Crippen LogP contribution in [0, 0.1) is 5.92 Å². The van der Waals surface area contributed by atoms with Crippen LogP contribution < -0.4 is 10.6 Å². The summed E-state index contributed by atoms with van der Waals surface area (Å²) in [5, 5.41) is 26.1. The summed E-state index contributed by atoms with van der Waals surface area (Å²) >= 11 is 0. The molecular formula is C22H24N2O5. The summed E-state index contributed by atoms with van der Waals surface area (Å²) in [7, 11) is 0. The fourth-order valence-corrected chi connectivity index (χ4v) is 3.18. The minimum Gasteiger partial charge on any atom is -0.506 e. The van der Waals surface area contributed by atoms with Crippen molar-refractivity contribution in [3.63, 3.8) is 0 Å². The Kier molecular flexibility index (Phi) is 6.19. The van der Waals surface area contributed by atoms with Gasteiger partial charge in [0.05, 0.1) is 12.0 Å². The number of hydrogen-bond donors (Lipinski definition) is 4. The highest BCUT2D eigenvalue weighted by molar-refractivity contribution is 5.97. The average Bonchev–Trinajstić information content (AvgIpc) is 3.14. The summed E-state index contributed by atoms with van der Waals surface area (Å²) < 4.78 is 5.35. The summed E-state index contributed by atoms with van der Waals surface area (Å²) in [5.74, 6) is -1.43. The highest BCUT2D eigenvalue weighted by atomic mass is 16.4. The second-order valence-electron chi connectivity index (χ2n) is 7.34. The molecule has 0 saturated carbocycles. The van der Waals surface area contributed by atoms with Gasteiger partial charge >= 0.3 is 5.97 Å². The van der Waals surface area contributed by atoms with Crippen molar-refractivity contribution < 1.29 is 24.2 Å². The van der Waals surface area contributed by atoms with Crippen molar-refractivity contribution in [1.29, 1.82) is 0 Å². The number of hydrogen-bond acceptors (Lipinski definition) is 5. The number of phenolic OH excluding ortho intramolecular Hbond substituents is 1. The van der Waals surface area contributed by atoms with Crippen LogP contribution in [0.4, 0.5) is 5.69 Å². The molecule has 0 aliphatic heterocycles.